The van der Waals surface area contributed by atoms with Gasteiger partial charge in [0.15, 0.2) is 0 Å². The van der Waals surface area contributed by atoms with E-state index in [4.69, 9.17) is 4.55 Å². The lowest BCUT2D eigenvalue weighted by molar-refractivity contribution is -0.197. The molecule has 23 heavy (non-hydrogen) atoms. The summed E-state index contributed by atoms with van der Waals surface area (Å²) in [5, 5.41) is 0. The predicted octanol–water partition coefficient (Wildman–Crippen LogP) is -0.0717. The van der Waals surface area contributed by atoms with E-state index >= 15 is 0 Å². The molecule has 0 spiro atoms. The van der Waals surface area contributed by atoms with E-state index in [0.29, 0.717) is 18.2 Å². The molecule has 0 saturated carbocycles. The second kappa shape index (κ2) is 7.39. The van der Waals surface area contributed by atoms with Gasteiger partial charge in [0.05, 0.1) is 5.56 Å². The first-order chi connectivity index (χ1) is 10.5. The van der Waals surface area contributed by atoms with E-state index in [1.54, 1.807) is 20.0 Å². The highest BCUT2D eigenvalue weighted by atomic mass is 32.2. The Morgan fingerprint density at radius 1 is 1.26 bits per heavy atom. The topological polar surface area (TPSA) is 80.7 Å². The van der Waals surface area contributed by atoms with Gasteiger partial charge in [0, 0.05) is 0 Å². The van der Waals surface area contributed by atoms with Gasteiger partial charge in [-0.05, 0) is 11.6 Å². The Bertz CT molecular complexity index is 676. The van der Waals surface area contributed by atoms with Crippen molar-refractivity contribution in [3.8, 4) is 0 Å². The molecule has 0 fully saturated rings. The number of hydrogen-bond acceptors (Lipinski definition) is 4. The molecule has 0 aromatic heterocycles. The van der Waals surface area contributed by atoms with Gasteiger partial charge in [-0.3, -0.25) is 4.55 Å². The molecular formula is C12H15B2F3O5S. The van der Waals surface area contributed by atoms with E-state index in [9.17, 15) is 26.4 Å². The fraction of sp³-hybridized carbons (Fsp3) is 0.417. The number of ether oxygens (including phenoxy) is 1. The van der Waals surface area contributed by atoms with Crippen LogP contribution in [0.25, 0.3) is 0 Å². The van der Waals surface area contributed by atoms with E-state index in [2.05, 4.69) is 4.74 Å². The Morgan fingerprint density at radius 2 is 1.87 bits per heavy atom. The van der Waals surface area contributed by atoms with Crippen molar-refractivity contribution in [2.24, 2.45) is 0 Å². The van der Waals surface area contributed by atoms with Crippen molar-refractivity contribution in [1.82, 2.24) is 0 Å². The van der Waals surface area contributed by atoms with E-state index in [0.717, 1.165) is 5.56 Å². The summed E-state index contributed by atoms with van der Waals surface area (Å²) < 4.78 is 72.6. The van der Waals surface area contributed by atoms with Crippen LogP contribution >= 0.6 is 0 Å². The van der Waals surface area contributed by atoms with E-state index in [1.165, 1.54) is 6.07 Å². The standard InChI is InChI=1S/C12H15B2F3O5S/c13-4-7-1-2-9(8(3-7)5-14)11(18)22-10(12(15,16)17)6-23(19,20)21/h1-3,10H,4-6,13-14H2,(H,19,20,21). The molecule has 0 aliphatic rings. The molecule has 11 heteroatoms. The molecule has 5 nitrogen and oxygen atoms in total. The van der Waals surface area contributed by atoms with E-state index in [-0.39, 0.29) is 5.56 Å². The first-order valence-corrected chi connectivity index (χ1v) is 8.43. The van der Waals surface area contributed by atoms with Crippen molar-refractivity contribution in [1.29, 1.82) is 0 Å². The molecule has 0 aliphatic heterocycles. The Kier molecular flexibility index (Phi) is 6.29. The average Bonchev–Trinajstić information content (AvgIpc) is 2.43. The smallest absolute Gasteiger partial charge is 0.426 e. The van der Waals surface area contributed by atoms with Gasteiger partial charge in [0.2, 0.25) is 6.10 Å². The number of alkyl halides is 3. The lowest BCUT2D eigenvalue weighted by atomic mass is 9.88. The molecule has 0 amide bonds. The van der Waals surface area contributed by atoms with Crippen molar-refractivity contribution in [3.63, 3.8) is 0 Å². The second-order valence-electron chi connectivity index (χ2n) is 4.88. The first kappa shape index (κ1) is 19.6. The summed E-state index contributed by atoms with van der Waals surface area (Å²) in [6, 6.07) is 4.62. The summed E-state index contributed by atoms with van der Waals surface area (Å²) >= 11 is 0. The third-order valence-corrected chi connectivity index (χ3v) is 3.88. The molecule has 1 rings (SSSR count). The number of rotatable bonds is 6. The number of esters is 1. The van der Waals surface area contributed by atoms with Crippen LogP contribution in [0.3, 0.4) is 0 Å². The van der Waals surface area contributed by atoms with Crippen LogP contribution in [0, 0.1) is 0 Å². The summed E-state index contributed by atoms with van der Waals surface area (Å²) in [7, 11) is -1.34. The zero-order valence-electron chi connectivity index (χ0n) is 12.6. The quantitative estimate of drug-likeness (QED) is 0.441. The maximum atomic E-state index is 12.8. The molecule has 0 radical (unpaired) electrons. The minimum Gasteiger partial charge on any atom is -0.448 e. The van der Waals surface area contributed by atoms with Crippen LogP contribution in [-0.2, 0) is 27.5 Å². The van der Waals surface area contributed by atoms with Crippen LogP contribution in [0.5, 0.6) is 0 Å². The summed E-state index contributed by atoms with van der Waals surface area (Å²) in [4.78, 5) is 12.0. The number of hydrogen-bond donors (Lipinski definition) is 1. The second-order valence-corrected chi connectivity index (χ2v) is 6.38. The molecule has 1 aromatic rings. The Labute approximate surface area is 133 Å². The number of halogens is 3. The minimum atomic E-state index is -5.11. The number of carbonyl (C=O) groups is 1. The lowest BCUT2D eigenvalue weighted by Gasteiger charge is -2.20. The SMILES string of the molecule is BCc1ccc(C(=O)OC(CS(=O)(=O)O)C(F)(F)F)c(CB)c1. The highest BCUT2D eigenvalue weighted by Gasteiger charge is 2.45. The summed E-state index contributed by atoms with van der Waals surface area (Å²) in [5.41, 5.74) is 1.35. The number of benzene rings is 1. The zero-order valence-corrected chi connectivity index (χ0v) is 13.4. The minimum absolute atomic E-state index is 0.0608. The van der Waals surface area contributed by atoms with Gasteiger partial charge in [0.25, 0.3) is 10.1 Å². The number of carbonyl (C=O) groups excluding carboxylic acids is 1. The molecule has 0 heterocycles. The van der Waals surface area contributed by atoms with Crippen LogP contribution in [0.2, 0.25) is 0 Å². The Morgan fingerprint density at radius 3 is 2.30 bits per heavy atom. The molecule has 0 saturated heterocycles. The normalized spacial score (nSPS) is 13.6. The van der Waals surface area contributed by atoms with Crippen LogP contribution in [0.1, 0.15) is 21.5 Å². The van der Waals surface area contributed by atoms with Crippen molar-refractivity contribution in [2.45, 2.75) is 24.9 Å². The predicted molar refractivity (Wildman–Crippen MR) is 82.6 cm³/mol. The van der Waals surface area contributed by atoms with Crippen molar-refractivity contribution >= 4 is 31.8 Å². The summed E-state index contributed by atoms with van der Waals surface area (Å²) in [5.74, 6) is -3.02. The zero-order chi connectivity index (χ0) is 17.8. The van der Waals surface area contributed by atoms with Gasteiger partial charge < -0.3 is 4.74 Å². The fourth-order valence-corrected chi connectivity index (χ4v) is 2.58. The molecular weight excluding hydrogens is 335 g/mol. The van der Waals surface area contributed by atoms with Gasteiger partial charge in [0.1, 0.15) is 21.4 Å². The average molecular weight is 350 g/mol. The molecule has 1 atom stereocenters. The van der Waals surface area contributed by atoms with Gasteiger partial charge in [-0.15, -0.1) is 0 Å². The first-order valence-electron chi connectivity index (χ1n) is 6.82. The van der Waals surface area contributed by atoms with Gasteiger partial charge in [-0.25, -0.2) is 4.79 Å². The van der Waals surface area contributed by atoms with E-state index < -0.39 is 34.1 Å². The molecule has 1 unspecified atom stereocenters. The monoisotopic (exact) mass is 350 g/mol. The van der Waals surface area contributed by atoms with Crippen LogP contribution in [-0.4, -0.2) is 52.7 Å². The Hall–Kier alpha value is -1.48. The third kappa shape index (κ3) is 5.91. The highest BCUT2D eigenvalue weighted by Crippen LogP contribution is 2.26. The molecule has 0 aliphatic carbocycles. The third-order valence-electron chi connectivity index (χ3n) is 3.16. The molecule has 126 valence electrons. The molecule has 1 aromatic carbocycles. The van der Waals surface area contributed by atoms with Crippen LogP contribution in [0.15, 0.2) is 18.2 Å². The summed E-state index contributed by atoms with van der Waals surface area (Å²) in [6.45, 7) is 0. The molecule has 0 bridgehead atoms. The van der Waals surface area contributed by atoms with Crippen LogP contribution in [0.4, 0.5) is 13.2 Å². The van der Waals surface area contributed by atoms with E-state index in [1.807, 2.05) is 7.85 Å². The maximum Gasteiger partial charge on any atom is 0.426 e. The van der Waals surface area contributed by atoms with Crippen molar-refractivity contribution < 1.29 is 35.7 Å². The Balaban J connectivity index is 3.08. The van der Waals surface area contributed by atoms with Crippen molar-refractivity contribution in [2.75, 3.05) is 5.75 Å². The largest absolute Gasteiger partial charge is 0.448 e. The fourth-order valence-electron chi connectivity index (χ4n) is 1.94. The highest BCUT2D eigenvalue weighted by molar-refractivity contribution is 7.85. The van der Waals surface area contributed by atoms with Gasteiger partial charge in [-0.2, -0.15) is 21.6 Å². The lowest BCUT2D eigenvalue weighted by Crippen LogP contribution is -2.39. The van der Waals surface area contributed by atoms with Crippen LogP contribution < -0.4 is 0 Å². The van der Waals surface area contributed by atoms with Gasteiger partial charge in [-0.1, -0.05) is 30.3 Å². The van der Waals surface area contributed by atoms with Gasteiger partial charge >= 0.3 is 12.1 Å². The maximum absolute atomic E-state index is 12.8. The molecule has 1 N–H and O–H groups in total. The summed E-state index contributed by atoms with van der Waals surface area (Å²) in [6.07, 6.45) is -6.95. The van der Waals surface area contributed by atoms with Crippen molar-refractivity contribution in [3.05, 3.63) is 34.9 Å².